The molecule has 2 fully saturated rings. The van der Waals surface area contributed by atoms with Crippen LogP contribution in [-0.2, 0) is 9.59 Å². The van der Waals surface area contributed by atoms with Gasteiger partial charge in [0.1, 0.15) is 12.1 Å². The molecule has 4 amide bonds. The van der Waals surface area contributed by atoms with Gasteiger partial charge in [0.25, 0.3) is 5.91 Å². The zero-order valence-corrected chi connectivity index (χ0v) is 15.3. The van der Waals surface area contributed by atoms with Crippen molar-refractivity contribution in [2.45, 2.75) is 38.1 Å². The summed E-state index contributed by atoms with van der Waals surface area (Å²) in [6.07, 6.45) is 3.40. The van der Waals surface area contributed by atoms with Gasteiger partial charge in [-0.25, -0.2) is 4.79 Å². The van der Waals surface area contributed by atoms with Crippen LogP contribution in [0.25, 0.3) is 0 Å². The molecule has 1 aromatic rings. The summed E-state index contributed by atoms with van der Waals surface area (Å²) in [4.78, 5) is 38.4. The standard InChI is InChI=1S/C17H19Cl2N3O3/c1-10-5-2-3-8-17(10)15(24)22(16(25)21-17)9-13(23)20-14-11(18)6-4-7-12(14)19/h4,6-7,10H,2-3,5,8-9H2,1H3,(H,20,23)(H,21,25)/t10-,17-/m0/s1. The summed E-state index contributed by atoms with van der Waals surface area (Å²) in [6.45, 7) is 1.59. The highest BCUT2D eigenvalue weighted by atomic mass is 35.5. The SMILES string of the molecule is C[C@H]1CCCC[C@]12NC(=O)N(CC(=O)Nc1c(Cl)cccc1Cl)C2=O. The lowest BCUT2D eigenvalue weighted by Crippen LogP contribution is -2.54. The molecule has 1 aliphatic carbocycles. The molecule has 2 aliphatic rings. The number of anilines is 1. The number of urea groups is 1. The van der Waals surface area contributed by atoms with E-state index in [-0.39, 0.29) is 34.1 Å². The Bertz CT molecular complexity index is 720. The van der Waals surface area contributed by atoms with Crippen LogP contribution in [0, 0.1) is 5.92 Å². The van der Waals surface area contributed by atoms with Gasteiger partial charge in [0.15, 0.2) is 0 Å². The van der Waals surface area contributed by atoms with Crippen LogP contribution in [-0.4, -0.2) is 34.8 Å². The van der Waals surface area contributed by atoms with Crippen molar-refractivity contribution in [2.75, 3.05) is 11.9 Å². The van der Waals surface area contributed by atoms with Crippen LogP contribution in [0.1, 0.15) is 32.6 Å². The van der Waals surface area contributed by atoms with Gasteiger partial charge < -0.3 is 10.6 Å². The van der Waals surface area contributed by atoms with Crippen molar-refractivity contribution in [3.63, 3.8) is 0 Å². The van der Waals surface area contributed by atoms with E-state index in [1.54, 1.807) is 18.2 Å². The average molecular weight is 384 g/mol. The second-order valence-electron chi connectivity index (χ2n) is 6.58. The number of halogens is 2. The number of imide groups is 1. The zero-order valence-electron chi connectivity index (χ0n) is 13.8. The molecule has 0 unspecified atom stereocenters. The first kappa shape index (κ1) is 18.0. The van der Waals surface area contributed by atoms with Crippen LogP contribution < -0.4 is 10.6 Å². The maximum absolute atomic E-state index is 12.8. The fourth-order valence-electron chi connectivity index (χ4n) is 3.58. The summed E-state index contributed by atoms with van der Waals surface area (Å²) >= 11 is 12.0. The normalized spacial score (nSPS) is 26.0. The van der Waals surface area contributed by atoms with Crippen LogP contribution in [0.4, 0.5) is 10.5 Å². The van der Waals surface area contributed by atoms with Gasteiger partial charge in [-0.15, -0.1) is 0 Å². The van der Waals surface area contributed by atoms with Gasteiger partial charge in [-0.05, 0) is 30.9 Å². The van der Waals surface area contributed by atoms with Crippen LogP contribution in [0.2, 0.25) is 10.0 Å². The predicted octanol–water partition coefficient (Wildman–Crippen LogP) is 3.43. The minimum absolute atomic E-state index is 0.0452. The van der Waals surface area contributed by atoms with Crippen molar-refractivity contribution < 1.29 is 14.4 Å². The van der Waals surface area contributed by atoms with Gasteiger partial charge in [0.2, 0.25) is 5.91 Å². The monoisotopic (exact) mass is 383 g/mol. The third-order valence-electron chi connectivity index (χ3n) is 5.03. The fourth-order valence-corrected chi connectivity index (χ4v) is 4.07. The third-order valence-corrected chi connectivity index (χ3v) is 5.66. The first-order valence-corrected chi connectivity index (χ1v) is 8.99. The predicted molar refractivity (Wildman–Crippen MR) is 95.7 cm³/mol. The van der Waals surface area contributed by atoms with Gasteiger partial charge in [0.05, 0.1) is 15.7 Å². The number of carbonyl (C=O) groups excluding carboxylic acids is 3. The Hall–Kier alpha value is -1.79. The minimum atomic E-state index is -0.877. The van der Waals surface area contributed by atoms with Crippen LogP contribution in [0.15, 0.2) is 18.2 Å². The van der Waals surface area contributed by atoms with Crippen molar-refractivity contribution in [2.24, 2.45) is 5.92 Å². The number of amides is 4. The number of nitrogens with one attached hydrogen (secondary N) is 2. The van der Waals surface area contributed by atoms with E-state index in [0.717, 1.165) is 24.2 Å². The van der Waals surface area contributed by atoms with Crippen LogP contribution in [0.3, 0.4) is 0 Å². The topological polar surface area (TPSA) is 78.5 Å². The van der Waals surface area contributed by atoms with E-state index in [1.165, 1.54) is 0 Å². The Labute approximate surface area is 155 Å². The van der Waals surface area contributed by atoms with E-state index >= 15 is 0 Å². The third kappa shape index (κ3) is 3.20. The lowest BCUT2D eigenvalue weighted by Gasteiger charge is -2.36. The molecule has 1 heterocycles. The van der Waals surface area contributed by atoms with Gasteiger partial charge in [-0.1, -0.05) is 49.0 Å². The molecule has 1 saturated carbocycles. The number of hydrogen-bond acceptors (Lipinski definition) is 3. The van der Waals surface area contributed by atoms with Crippen molar-refractivity contribution >= 4 is 46.7 Å². The smallest absolute Gasteiger partial charge is 0.323 e. The molecular weight excluding hydrogens is 365 g/mol. The lowest BCUT2D eigenvalue weighted by atomic mass is 9.73. The van der Waals surface area contributed by atoms with Gasteiger partial charge in [0, 0.05) is 0 Å². The summed E-state index contributed by atoms with van der Waals surface area (Å²) < 4.78 is 0. The number of para-hydroxylation sites is 1. The van der Waals surface area contributed by atoms with Crippen molar-refractivity contribution in [1.29, 1.82) is 0 Å². The highest BCUT2D eigenvalue weighted by molar-refractivity contribution is 6.39. The number of nitrogens with zero attached hydrogens (tertiary/aromatic N) is 1. The van der Waals surface area contributed by atoms with E-state index in [2.05, 4.69) is 10.6 Å². The quantitative estimate of drug-likeness (QED) is 0.784. The number of rotatable bonds is 3. The van der Waals surface area contributed by atoms with Crippen molar-refractivity contribution in [1.82, 2.24) is 10.2 Å². The van der Waals surface area contributed by atoms with Gasteiger partial charge >= 0.3 is 6.03 Å². The maximum Gasteiger partial charge on any atom is 0.325 e. The molecule has 6 nitrogen and oxygen atoms in total. The average Bonchev–Trinajstić information content (AvgIpc) is 2.79. The number of benzene rings is 1. The Balaban J connectivity index is 1.73. The summed E-state index contributed by atoms with van der Waals surface area (Å²) in [6, 6.07) is 4.32. The molecular formula is C17H19Cl2N3O3. The largest absolute Gasteiger partial charge is 0.325 e. The maximum atomic E-state index is 12.8. The number of carbonyl (C=O) groups is 3. The van der Waals surface area contributed by atoms with Crippen LogP contribution in [0.5, 0.6) is 0 Å². The molecule has 2 N–H and O–H groups in total. The van der Waals surface area contributed by atoms with E-state index in [4.69, 9.17) is 23.2 Å². The molecule has 0 radical (unpaired) electrons. The highest BCUT2D eigenvalue weighted by Crippen LogP contribution is 2.38. The van der Waals surface area contributed by atoms with E-state index in [1.807, 2.05) is 6.92 Å². The summed E-state index contributed by atoms with van der Waals surface area (Å²) in [5, 5.41) is 5.96. The number of hydrogen-bond donors (Lipinski definition) is 2. The molecule has 0 aromatic heterocycles. The zero-order chi connectivity index (χ0) is 18.2. The molecule has 8 heteroatoms. The second kappa shape index (κ2) is 6.84. The molecule has 134 valence electrons. The van der Waals surface area contributed by atoms with Crippen LogP contribution >= 0.6 is 23.2 Å². The molecule has 0 bridgehead atoms. The highest BCUT2D eigenvalue weighted by Gasteiger charge is 2.55. The Kier molecular flexibility index (Phi) is 4.93. The Morgan fingerprint density at radius 3 is 2.64 bits per heavy atom. The fraction of sp³-hybridized carbons (Fsp3) is 0.471. The Morgan fingerprint density at radius 1 is 1.32 bits per heavy atom. The molecule has 1 spiro atoms. The van der Waals surface area contributed by atoms with E-state index in [9.17, 15) is 14.4 Å². The minimum Gasteiger partial charge on any atom is -0.323 e. The summed E-state index contributed by atoms with van der Waals surface area (Å²) in [5.74, 6) is -0.812. The van der Waals surface area contributed by atoms with E-state index < -0.39 is 17.5 Å². The van der Waals surface area contributed by atoms with Crippen molar-refractivity contribution in [3.8, 4) is 0 Å². The van der Waals surface area contributed by atoms with Crippen molar-refractivity contribution in [3.05, 3.63) is 28.2 Å². The molecule has 1 aliphatic heterocycles. The summed E-state index contributed by atoms with van der Waals surface area (Å²) in [5.41, 5.74) is -0.610. The first-order valence-electron chi connectivity index (χ1n) is 8.23. The molecule has 1 aromatic carbocycles. The molecule has 2 atom stereocenters. The molecule has 1 saturated heterocycles. The van der Waals surface area contributed by atoms with Gasteiger partial charge in [-0.2, -0.15) is 0 Å². The first-order chi connectivity index (χ1) is 11.8. The lowest BCUT2D eigenvalue weighted by molar-refractivity contribution is -0.136. The molecule has 25 heavy (non-hydrogen) atoms. The van der Waals surface area contributed by atoms with Gasteiger partial charge in [-0.3, -0.25) is 14.5 Å². The second-order valence-corrected chi connectivity index (χ2v) is 7.40. The Morgan fingerprint density at radius 2 is 2.00 bits per heavy atom. The van der Waals surface area contributed by atoms with E-state index in [0.29, 0.717) is 6.42 Å². The summed E-state index contributed by atoms with van der Waals surface area (Å²) in [7, 11) is 0. The molecule has 3 rings (SSSR count).